The Balaban J connectivity index is 1.78. The van der Waals surface area contributed by atoms with Crippen molar-refractivity contribution in [2.24, 2.45) is 0 Å². The topological polar surface area (TPSA) is 33.1 Å². The Bertz CT molecular complexity index is 791. The Morgan fingerprint density at radius 2 is 1.90 bits per heavy atom. The number of rotatable bonds is 2. The van der Waals surface area contributed by atoms with Crippen LogP contribution in [0.3, 0.4) is 0 Å². The molecule has 0 spiro atoms. The van der Waals surface area contributed by atoms with Crippen LogP contribution in [-0.4, -0.2) is 10.1 Å². The van der Waals surface area contributed by atoms with Gasteiger partial charge < -0.3 is 5.11 Å². The van der Waals surface area contributed by atoms with Gasteiger partial charge in [-0.25, -0.2) is 4.98 Å². The van der Waals surface area contributed by atoms with Gasteiger partial charge in [0.05, 0.1) is 12.3 Å². The normalized spacial score (nSPS) is 12.2. The SMILES string of the molecule is OCc1nc(-c2ccc3c(c2)Cc2ccccc2-3)cs1. The Hall–Kier alpha value is -1.97. The van der Waals surface area contributed by atoms with Gasteiger partial charge in [-0.15, -0.1) is 11.3 Å². The molecule has 0 amide bonds. The molecule has 0 saturated carbocycles. The minimum Gasteiger partial charge on any atom is -0.389 e. The van der Waals surface area contributed by atoms with Crippen LogP contribution in [0.25, 0.3) is 22.4 Å². The molecule has 4 rings (SSSR count). The number of hydrogen-bond donors (Lipinski definition) is 1. The zero-order valence-corrected chi connectivity index (χ0v) is 11.7. The number of aliphatic hydroxyl groups is 1. The average Bonchev–Trinajstić information content (AvgIpc) is 3.10. The predicted molar refractivity (Wildman–Crippen MR) is 81.7 cm³/mol. The van der Waals surface area contributed by atoms with E-state index in [1.54, 1.807) is 0 Å². The molecular weight excluding hydrogens is 266 g/mol. The van der Waals surface area contributed by atoms with E-state index < -0.39 is 0 Å². The fourth-order valence-corrected chi connectivity index (χ4v) is 3.48. The summed E-state index contributed by atoms with van der Waals surface area (Å²) in [4.78, 5) is 4.44. The van der Waals surface area contributed by atoms with Crippen LogP contribution in [0.15, 0.2) is 47.8 Å². The van der Waals surface area contributed by atoms with Gasteiger partial charge in [-0.05, 0) is 34.7 Å². The molecule has 0 aliphatic heterocycles. The van der Waals surface area contributed by atoms with Crippen LogP contribution in [0.2, 0.25) is 0 Å². The summed E-state index contributed by atoms with van der Waals surface area (Å²) in [6.07, 6.45) is 0.996. The fraction of sp³-hybridized carbons (Fsp3) is 0.118. The summed E-state index contributed by atoms with van der Waals surface area (Å²) in [5, 5.41) is 11.9. The number of thiazole rings is 1. The van der Waals surface area contributed by atoms with Crippen molar-refractivity contribution in [3.05, 3.63) is 64.0 Å². The molecule has 1 N–H and O–H groups in total. The summed E-state index contributed by atoms with van der Waals surface area (Å²) in [6.45, 7) is 0.0149. The van der Waals surface area contributed by atoms with E-state index in [2.05, 4.69) is 47.4 Å². The summed E-state index contributed by atoms with van der Waals surface area (Å²) in [5.74, 6) is 0. The van der Waals surface area contributed by atoms with Crippen LogP contribution in [0.1, 0.15) is 16.1 Å². The summed E-state index contributed by atoms with van der Waals surface area (Å²) in [5.41, 5.74) is 7.53. The molecule has 2 aromatic carbocycles. The van der Waals surface area contributed by atoms with Gasteiger partial charge in [-0.2, -0.15) is 0 Å². The van der Waals surface area contributed by atoms with Gasteiger partial charge in [0, 0.05) is 10.9 Å². The first-order valence-electron chi connectivity index (χ1n) is 6.62. The summed E-state index contributed by atoms with van der Waals surface area (Å²) in [7, 11) is 0. The molecule has 0 saturated heterocycles. The van der Waals surface area contributed by atoms with E-state index in [1.165, 1.54) is 33.6 Å². The van der Waals surface area contributed by atoms with Crippen molar-refractivity contribution in [1.29, 1.82) is 0 Å². The number of aromatic nitrogens is 1. The monoisotopic (exact) mass is 279 g/mol. The number of aliphatic hydroxyl groups excluding tert-OH is 1. The highest BCUT2D eigenvalue weighted by molar-refractivity contribution is 7.09. The lowest BCUT2D eigenvalue weighted by atomic mass is 10.0. The van der Waals surface area contributed by atoms with Crippen molar-refractivity contribution >= 4 is 11.3 Å². The molecule has 2 nitrogen and oxygen atoms in total. The maximum absolute atomic E-state index is 9.12. The van der Waals surface area contributed by atoms with E-state index in [9.17, 15) is 0 Å². The van der Waals surface area contributed by atoms with Crippen molar-refractivity contribution in [3.63, 3.8) is 0 Å². The van der Waals surface area contributed by atoms with Gasteiger partial charge in [-0.1, -0.05) is 36.4 Å². The number of nitrogens with zero attached hydrogens (tertiary/aromatic N) is 1. The maximum atomic E-state index is 9.12. The second-order valence-electron chi connectivity index (χ2n) is 4.99. The van der Waals surface area contributed by atoms with Crippen molar-refractivity contribution in [2.45, 2.75) is 13.0 Å². The van der Waals surface area contributed by atoms with E-state index in [1.807, 2.05) is 5.38 Å². The third-order valence-corrected chi connectivity index (χ3v) is 4.61. The van der Waals surface area contributed by atoms with Gasteiger partial charge >= 0.3 is 0 Å². The smallest absolute Gasteiger partial charge is 0.119 e. The first kappa shape index (κ1) is 11.8. The van der Waals surface area contributed by atoms with Crippen LogP contribution in [-0.2, 0) is 13.0 Å². The van der Waals surface area contributed by atoms with Gasteiger partial charge in [0.2, 0.25) is 0 Å². The van der Waals surface area contributed by atoms with Crippen molar-refractivity contribution < 1.29 is 5.11 Å². The van der Waals surface area contributed by atoms with Crippen LogP contribution < -0.4 is 0 Å². The van der Waals surface area contributed by atoms with E-state index in [0.717, 1.165) is 22.7 Å². The molecule has 1 aromatic heterocycles. The van der Waals surface area contributed by atoms with E-state index in [0.29, 0.717) is 0 Å². The average molecular weight is 279 g/mol. The molecule has 1 heterocycles. The zero-order chi connectivity index (χ0) is 13.5. The summed E-state index contributed by atoms with van der Waals surface area (Å²) >= 11 is 1.50. The summed E-state index contributed by atoms with van der Waals surface area (Å²) in [6, 6.07) is 15.1. The lowest BCUT2D eigenvalue weighted by Gasteiger charge is -2.03. The third kappa shape index (κ3) is 1.79. The maximum Gasteiger partial charge on any atom is 0.119 e. The fourth-order valence-electron chi connectivity index (χ4n) is 2.82. The lowest BCUT2D eigenvalue weighted by Crippen LogP contribution is -1.85. The van der Waals surface area contributed by atoms with Gasteiger partial charge in [0.15, 0.2) is 0 Å². The highest BCUT2D eigenvalue weighted by atomic mass is 32.1. The molecule has 3 aromatic rings. The lowest BCUT2D eigenvalue weighted by molar-refractivity contribution is 0.281. The van der Waals surface area contributed by atoms with Crippen LogP contribution in [0.4, 0.5) is 0 Å². The highest BCUT2D eigenvalue weighted by Crippen LogP contribution is 2.38. The molecule has 1 aliphatic rings. The molecule has 1 aliphatic carbocycles. The van der Waals surface area contributed by atoms with Crippen molar-refractivity contribution in [2.75, 3.05) is 0 Å². The first-order chi connectivity index (χ1) is 9.85. The summed E-state index contributed by atoms with van der Waals surface area (Å²) < 4.78 is 0. The highest BCUT2D eigenvalue weighted by Gasteiger charge is 2.18. The molecule has 0 fully saturated rings. The Labute approximate surface area is 121 Å². The Morgan fingerprint density at radius 1 is 1.05 bits per heavy atom. The second-order valence-corrected chi connectivity index (χ2v) is 5.93. The van der Waals surface area contributed by atoms with Crippen molar-refractivity contribution in [3.8, 4) is 22.4 Å². The molecule has 0 radical (unpaired) electrons. The molecule has 3 heteroatoms. The van der Waals surface area contributed by atoms with Gasteiger partial charge in [0.25, 0.3) is 0 Å². The van der Waals surface area contributed by atoms with Gasteiger partial charge in [-0.3, -0.25) is 0 Å². The Kier molecular flexibility index (Phi) is 2.69. The third-order valence-electron chi connectivity index (χ3n) is 3.78. The quantitative estimate of drug-likeness (QED) is 0.604. The molecule has 0 bridgehead atoms. The van der Waals surface area contributed by atoms with Crippen LogP contribution in [0.5, 0.6) is 0 Å². The molecule has 20 heavy (non-hydrogen) atoms. The van der Waals surface area contributed by atoms with E-state index in [-0.39, 0.29) is 6.61 Å². The second kappa shape index (κ2) is 4.54. The largest absolute Gasteiger partial charge is 0.389 e. The molecule has 98 valence electrons. The minimum atomic E-state index is 0.0149. The zero-order valence-electron chi connectivity index (χ0n) is 10.8. The predicted octanol–water partition coefficient (Wildman–Crippen LogP) is 3.87. The molecule has 0 atom stereocenters. The molecular formula is C17H13NOS. The molecule has 0 unspecified atom stereocenters. The number of hydrogen-bond acceptors (Lipinski definition) is 3. The van der Waals surface area contributed by atoms with Crippen LogP contribution >= 0.6 is 11.3 Å². The van der Waals surface area contributed by atoms with Crippen molar-refractivity contribution in [1.82, 2.24) is 4.98 Å². The van der Waals surface area contributed by atoms with Crippen LogP contribution in [0, 0.1) is 0 Å². The number of fused-ring (bicyclic) bond motifs is 3. The van der Waals surface area contributed by atoms with Gasteiger partial charge in [0.1, 0.15) is 5.01 Å². The minimum absolute atomic E-state index is 0.0149. The standard InChI is InChI=1S/C17H13NOS/c19-9-17-18-16(10-20-17)12-5-6-15-13(8-12)7-11-3-1-2-4-14(11)15/h1-6,8,10,19H,7,9H2. The number of benzene rings is 2. The van der Waals surface area contributed by atoms with E-state index in [4.69, 9.17) is 5.11 Å². The first-order valence-corrected chi connectivity index (χ1v) is 7.50. The Morgan fingerprint density at radius 3 is 2.75 bits per heavy atom. The van der Waals surface area contributed by atoms with E-state index >= 15 is 0 Å².